The molecule has 2 N–H and O–H groups in total. The van der Waals surface area contributed by atoms with Gasteiger partial charge in [-0.3, -0.25) is 9.59 Å². The van der Waals surface area contributed by atoms with Gasteiger partial charge in [-0.2, -0.15) is 0 Å². The van der Waals surface area contributed by atoms with Crippen LogP contribution in [-0.2, 0) is 10.5 Å². The third kappa shape index (κ3) is 6.60. The molecule has 0 aliphatic carbocycles. The zero-order chi connectivity index (χ0) is 21.3. The van der Waals surface area contributed by atoms with Crippen LogP contribution in [0.5, 0.6) is 5.75 Å². The molecule has 6 nitrogen and oxygen atoms in total. The van der Waals surface area contributed by atoms with Crippen LogP contribution in [0.4, 0.5) is 5.69 Å². The molecule has 0 aliphatic heterocycles. The number of benzene rings is 2. The van der Waals surface area contributed by atoms with Gasteiger partial charge in [0.2, 0.25) is 5.91 Å². The molecular formula is C22H23N3O3S2. The summed E-state index contributed by atoms with van der Waals surface area (Å²) in [6, 6.07) is 14.4. The minimum Gasteiger partial charge on any atom is -0.494 e. The molecule has 0 saturated carbocycles. The summed E-state index contributed by atoms with van der Waals surface area (Å²) >= 11 is 3.31. The van der Waals surface area contributed by atoms with Gasteiger partial charge in [-0.25, -0.2) is 4.98 Å². The maximum absolute atomic E-state index is 12.3. The number of ether oxygens (including phenoxy) is 1. The van der Waals surface area contributed by atoms with Crippen LogP contribution in [0.15, 0.2) is 58.8 Å². The molecule has 0 aliphatic rings. The summed E-state index contributed by atoms with van der Waals surface area (Å²) in [4.78, 5) is 29.9. The van der Waals surface area contributed by atoms with Gasteiger partial charge < -0.3 is 15.4 Å². The molecule has 0 fully saturated rings. The smallest absolute Gasteiger partial charge is 0.251 e. The van der Waals surface area contributed by atoms with Crippen molar-refractivity contribution in [3.05, 3.63) is 70.2 Å². The molecule has 3 rings (SSSR count). The first kappa shape index (κ1) is 21.9. The largest absolute Gasteiger partial charge is 0.494 e. The average molecular weight is 442 g/mol. The van der Waals surface area contributed by atoms with Crippen LogP contribution >= 0.6 is 23.1 Å². The van der Waals surface area contributed by atoms with E-state index in [0.29, 0.717) is 17.9 Å². The highest BCUT2D eigenvalue weighted by molar-refractivity contribution is 7.98. The Balaban J connectivity index is 1.44. The first-order valence-electron chi connectivity index (χ1n) is 9.48. The van der Waals surface area contributed by atoms with Crippen LogP contribution in [0.1, 0.15) is 28.0 Å². The standard InChI is InChI=1S/C22H23N3O3S2/c1-3-28-19-8-6-17(7-9-19)25-21(26)12-23-22(27)16-4-10-20(11-5-16)30-14-18-13-29-15(2)24-18/h4-11,13H,3,12,14H2,1-2H3,(H,23,27)(H,25,26). The molecule has 0 radical (unpaired) electrons. The minimum absolute atomic E-state index is 0.105. The van der Waals surface area contributed by atoms with Gasteiger partial charge in [0, 0.05) is 27.3 Å². The first-order chi connectivity index (χ1) is 14.5. The van der Waals surface area contributed by atoms with Crippen molar-refractivity contribution in [1.29, 1.82) is 0 Å². The second-order valence-corrected chi connectivity index (χ2v) is 8.47. The summed E-state index contributed by atoms with van der Waals surface area (Å²) in [7, 11) is 0. The average Bonchev–Trinajstić information content (AvgIpc) is 3.17. The zero-order valence-corrected chi connectivity index (χ0v) is 18.4. The number of anilines is 1. The summed E-state index contributed by atoms with van der Waals surface area (Å²) in [6.07, 6.45) is 0. The van der Waals surface area contributed by atoms with Gasteiger partial charge in [-0.15, -0.1) is 23.1 Å². The fraction of sp³-hybridized carbons (Fsp3) is 0.227. The van der Waals surface area contributed by atoms with Crippen molar-refractivity contribution in [3.63, 3.8) is 0 Å². The van der Waals surface area contributed by atoms with Crippen molar-refractivity contribution >= 4 is 40.6 Å². The van der Waals surface area contributed by atoms with E-state index in [1.165, 1.54) is 0 Å². The number of aryl methyl sites for hydroxylation is 1. The third-order valence-corrected chi connectivity index (χ3v) is 5.90. The van der Waals surface area contributed by atoms with E-state index in [4.69, 9.17) is 4.74 Å². The van der Waals surface area contributed by atoms with Gasteiger partial charge >= 0.3 is 0 Å². The van der Waals surface area contributed by atoms with Crippen molar-refractivity contribution in [2.75, 3.05) is 18.5 Å². The van der Waals surface area contributed by atoms with Crippen LogP contribution in [0, 0.1) is 6.92 Å². The van der Waals surface area contributed by atoms with Crippen LogP contribution in [-0.4, -0.2) is 29.9 Å². The van der Waals surface area contributed by atoms with Gasteiger partial charge in [0.25, 0.3) is 5.91 Å². The Morgan fingerprint density at radius 2 is 1.83 bits per heavy atom. The van der Waals surface area contributed by atoms with E-state index in [1.807, 2.05) is 26.0 Å². The predicted molar refractivity (Wildman–Crippen MR) is 121 cm³/mol. The van der Waals surface area contributed by atoms with E-state index in [0.717, 1.165) is 27.1 Å². The highest BCUT2D eigenvalue weighted by Crippen LogP contribution is 2.24. The Hall–Kier alpha value is -2.84. The van der Waals surface area contributed by atoms with E-state index >= 15 is 0 Å². The van der Waals surface area contributed by atoms with Crippen LogP contribution in [0.25, 0.3) is 0 Å². The number of carbonyl (C=O) groups excluding carboxylic acids is 2. The highest BCUT2D eigenvalue weighted by Gasteiger charge is 2.09. The van der Waals surface area contributed by atoms with Gasteiger partial charge in [0.15, 0.2) is 0 Å². The van der Waals surface area contributed by atoms with Gasteiger partial charge in [0.05, 0.1) is 23.9 Å². The molecule has 0 bridgehead atoms. The van der Waals surface area contributed by atoms with E-state index in [2.05, 4.69) is 21.0 Å². The lowest BCUT2D eigenvalue weighted by Crippen LogP contribution is -2.32. The number of nitrogens with one attached hydrogen (secondary N) is 2. The summed E-state index contributed by atoms with van der Waals surface area (Å²) < 4.78 is 5.37. The van der Waals surface area contributed by atoms with Crippen molar-refractivity contribution in [3.8, 4) is 5.75 Å². The lowest BCUT2D eigenvalue weighted by molar-refractivity contribution is -0.115. The first-order valence-corrected chi connectivity index (χ1v) is 11.3. The maximum Gasteiger partial charge on any atom is 0.251 e. The molecule has 3 aromatic rings. The van der Waals surface area contributed by atoms with E-state index in [1.54, 1.807) is 59.5 Å². The van der Waals surface area contributed by atoms with Crippen LogP contribution in [0.2, 0.25) is 0 Å². The van der Waals surface area contributed by atoms with Gasteiger partial charge in [-0.1, -0.05) is 0 Å². The molecule has 0 saturated heterocycles. The molecule has 8 heteroatoms. The second kappa shape index (κ2) is 10.8. The maximum atomic E-state index is 12.3. The molecule has 0 spiro atoms. The monoisotopic (exact) mass is 441 g/mol. The van der Waals surface area contributed by atoms with Crippen LogP contribution < -0.4 is 15.4 Å². The fourth-order valence-corrected chi connectivity index (χ4v) is 4.11. The number of amides is 2. The van der Waals surface area contributed by atoms with Crippen molar-refractivity contribution < 1.29 is 14.3 Å². The quantitative estimate of drug-likeness (QED) is 0.478. The lowest BCUT2D eigenvalue weighted by Gasteiger charge is -2.08. The Labute approximate surface area is 184 Å². The Bertz CT molecular complexity index is 986. The molecule has 30 heavy (non-hydrogen) atoms. The normalized spacial score (nSPS) is 10.5. The zero-order valence-electron chi connectivity index (χ0n) is 16.8. The molecule has 0 atom stereocenters. The number of carbonyl (C=O) groups is 2. The summed E-state index contributed by atoms with van der Waals surface area (Å²) in [5.41, 5.74) is 2.22. The number of hydrogen-bond donors (Lipinski definition) is 2. The van der Waals surface area contributed by atoms with E-state index in [9.17, 15) is 9.59 Å². The van der Waals surface area contributed by atoms with Crippen LogP contribution in [0.3, 0.4) is 0 Å². The highest BCUT2D eigenvalue weighted by atomic mass is 32.2. The summed E-state index contributed by atoms with van der Waals surface area (Å²) in [5.74, 6) is 0.954. The number of hydrogen-bond acceptors (Lipinski definition) is 6. The Morgan fingerprint density at radius 3 is 2.47 bits per heavy atom. The van der Waals surface area contributed by atoms with E-state index < -0.39 is 0 Å². The second-order valence-electron chi connectivity index (χ2n) is 6.36. The fourth-order valence-electron chi connectivity index (χ4n) is 2.60. The number of nitrogens with zero attached hydrogens (tertiary/aromatic N) is 1. The molecular weight excluding hydrogens is 418 g/mol. The molecule has 1 heterocycles. The topological polar surface area (TPSA) is 80.3 Å². The molecule has 2 aromatic carbocycles. The molecule has 0 unspecified atom stereocenters. The number of thioether (sulfide) groups is 1. The lowest BCUT2D eigenvalue weighted by atomic mass is 10.2. The molecule has 2 amide bonds. The molecule has 1 aromatic heterocycles. The predicted octanol–water partition coefficient (Wildman–Crippen LogP) is 4.51. The number of rotatable bonds is 9. The van der Waals surface area contributed by atoms with Crippen molar-refractivity contribution in [2.24, 2.45) is 0 Å². The molecule has 156 valence electrons. The Morgan fingerprint density at radius 1 is 1.10 bits per heavy atom. The number of thiazole rings is 1. The van der Waals surface area contributed by atoms with E-state index in [-0.39, 0.29) is 18.4 Å². The number of aromatic nitrogens is 1. The third-order valence-electron chi connectivity index (χ3n) is 4.03. The summed E-state index contributed by atoms with van der Waals surface area (Å²) in [5, 5.41) is 8.50. The minimum atomic E-state index is -0.293. The van der Waals surface area contributed by atoms with Gasteiger partial charge in [-0.05, 0) is 62.4 Å². The Kier molecular flexibility index (Phi) is 7.87. The summed E-state index contributed by atoms with van der Waals surface area (Å²) in [6.45, 7) is 4.38. The van der Waals surface area contributed by atoms with Crippen molar-refractivity contribution in [2.45, 2.75) is 24.5 Å². The SMILES string of the molecule is CCOc1ccc(NC(=O)CNC(=O)c2ccc(SCc3csc(C)n3)cc2)cc1. The van der Waals surface area contributed by atoms with Crippen molar-refractivity contribution in [1.82, 2.24) is 10.3 Å². The van der Waals surface area contributed by atoms with Gasteiger partial charge in [0.1, 0.15) is 5.75 Å².